The first-order chi connectivity index (χ1) is 16.0. The Labute approximate surface area is 200 Å². The summed E-state index contributed by atoms with van der Waals surface area (Å²) >= 11 is 0. The summed E-state index contributed by atoms with van der Waals surface area (Å²) in [6.45, 7) is 6.67. The number of aliphatic hydroxyl groups excluding tert-OH is 1. The number of benzene rings is 1. The molecular weight excluding hydrogens is 445 g/mol. The maximum atomic E-state index is 14.0. The number of carbonyl (C=O) groups excluding carboxylic acids is 1. The van der Waals surface area contributed by atoms with Crippen LogP contribution in [0.25, 0.3) is 0 Å². The van der Waals surface area contributed by atoms with Crippen molar-refractivity contribution >= 4 is 5.91 Å². The standard InChI is InChI=1S/C26H37F3N2O3/c1-17(2)25(10-6-22(15-25)30(3)21-8-12-34-13-9-21)24(33)31-11-7-18-4-5-19(14-20(18)16-31)23(32)26(27,28)29/h4-5,14,17,21-23,32H,6-13,15-16H2,1-3H3/t22-,23?,25+/m1/s1. The van der Waals surface area contributed by atoms with Crippen molar-refractivity contribution in [2.45, 2.75) is 83.3 Å². The van der Waals surface area contributed by atoms with E-state index >= 15 is 0 Å². The second kappa shape index (κ2) is 9.78. The zero-order valence-corrected chi connectivity index (χ0v) is 20.4. The van der Waals surface area contributed by atoms with E-state index in [-0.39, 0.29) is 17.4 Å². The zero-order chi connectivity index (χ0) is 24.7. The molecule has 1 aromatic rings. The van der Waals surface area contributed by atoms with Gasteiger partial charge in [-0.25, -0.2) is 0 Å². The van der Waals surface area contributed by atoms with E-state index in [1.54, 1.807) is 6.07 Å². The lowest BCUT2D eigenvalue weighted by molar-refractivity contribution is -0.206. The van der Waals surface area contributed by atoms with Crippen LogP contribution in [0.15, 0.2) is 18.2 Å². The van der Waals surface area contributed by atoms with Crippen LogP contribution in [0.1, 0.15) is 68.7 Å². The molecule has 1 saturated heterocycles. The Morgan fingerprint density at radius 2 is 1.88 bits per heavy atom. The van der Waals surface area contributed by atoms with Gasteiger partial charge in [0.15, 0.2) is 6.10 Å². The summed E-state index contributed by atoms with van der Waals surface area (Å²) in [6.07, 6.45) is -1.95. The van der Waals surface area contributed by atoms with Gasteiger partial charge in [-0.3, -0.25) is 4.79 Å². The van der Waals surface area contributed by atoms with Crippen molar-refractivity contribution in [1.82, 2.24) is 9.80 Å². The predicted molar refractivity (Wildman–Crippen MR) is 123 cm³/mol. The van der Waals surface area contributed by atoms with E-state index in [1.807, 2.05) is 4.90 Å². The largest absolute Gasteiger partial charge is 0.418 e. The van der Waals surface area contributed by atoms with Gasteiger partial charge in [0.25, 0.3) is 0 Å². The fourth-order valence-corrected chi connectivity index (χ4v) is 6.18. The molecule has 1 aliphatic carbocycles. The molecule has 0 radical (unpaired) electrons. The summed E-state index contributed by atoms with van der Waals surface area (Å²) in [5.74, 6) is 0.297. The molecule has 5 nitrogen and oxygen atoms in total. The topological polar surface area (TPSA) is 53.0 Å². The Morgan fingerprint density at radius 3 is 2.53 bits per heavy atom. The number of halogens is 3. The molecule has 1 unspecified atom stereocenters. The van der Waals surface area contributed by atoms with E-state index in [4.69, 9.17) is 4.74 Å². The normalized spacial score (nSPS) is 27.3. The summed E-state index contributed by atoms with van der Waals surface area (Å²) in [5, 5.41) is 9.69. The SMILES string of the molecule is CC(C)[C@]1(C(=O)N2CCc3ccc(C(O)C(F)(F)F)cc3C2)CC[C@@H](N(C)C2CCOCC2)C1. The number of nitrogens with zero attached hydrogens (tertiary/aromatic N) is 2. The highest BCUT2D eigenvalue weighted by Gasteiger charge is 2.51. The van der Waals surface area contributed by atoms with Crippen molar-refractivity contribution in [3.05, 3.63) is 34.9 Å². The summed E-state index contributed by atoms with van der Waals surface area (Å²) < 4.78 is 44.6. The molecule has 190 valence electrons. The zero-order valence-electron chi connectivity index (χ0n) is 20.4. The first-order valence-electron chi connectivity index (χ1n) is 12.5. The minimum Gasteiger partial charge on any atom is -0.381 e. The molecule has 0 aromatic heterocycles. The molecule has 4 rings (SSSR count). The smallest absolute Gasteiger partial charge is 0.381 e. The third-order valence-corrected chi connectivity index (χ3v) is 8.55. The lowest BCUT2D eigenvalue weighted by atomic mass is 9.73. The lowest BCUT2D eigenvalue weighted by Gasteiger charge is -2.41. The van der Waals surface area contributed by atoms with Crippen LogP contribution in [0.4, 0.5) is 13.2 Å². The number of fused-ring (bicyclic) bond motifs is 1. The molecule has 1 aromatic carbocycles. The summed E-state index contributed by atoms with van der Waals surface area (Å²) in [5.41, 5.74) is 1.03. The number of rotatable bonds is 5. The molecule has 0 bridgehead atoms. The highest BCUT2D eigenvalue weighted by atomic mass is 19.4. The van der Waals surface area contributed by atoms with Crippen LogP contribution in [0.3, 0.4) is 0 Å². The van der Waals surface area contributed by atoms with Crippen LogP contribution >= 0.6 is 0 Å². The van der Waals surface area contributed by atoms with Crippen LogP contribution in [0.5, 0.6) is 0 Å². The van der Waals surface area contributed by atoms with Crippen LogP contribution < -0.4 is 0 Å². The maximum absolute atomic E-state index is 14.0. The van der Waals surface area contributed by atoms with Crippen LogP contribution in [-0.4, -0.2) is 65.9 Å². The Bertz CT molecular complexity index is 885. The molecule has 2 heterocycles. The Hall–Kier alpha value is -1.64. The highest BCUT2D eigenvalue weighted by Crippen LogP contribution is 2.48. The number of amides is 1. The van der Waals surface area contributed by atoms with E-state index in [9.17, 15) is 23.1 Å². The van der Waals surface area contributed by atoms with Crippen molar-refractivity contribution in [1.29, 1.82) is 0 Å². The summed E-state index contributed by atoms with van der Waals surface area (Å²) in [4.78, 5) is 18.2. The number of aliphatic hydroxyl groups is 1. The molecule has 2 aliphatic heterocycles. The molecule has 0 spiro atoms. The molecule has 8 heteroatoms. The molecule has 3 atom stereocenters. The van der Waals surface area contributed by atoms with E-state index in [1.165, 1.54) is 12.1 Å². The second-order valence-corrected chi connectivity index (χ2v) is 10.7. The molecule has 1 amide bonds. The second-order valence-electron chi connectivity index (χ2n) is 10.7. The molecule has 2 fully saturated rings. The first-order valence-corrected chi connectivity index (χ1v) is 12.5. The van der Waals surface area contributed by atoms with E-state index in [2.05, 4.69) is 25.8 Å². The third-order valence-electron chi connectivity index (χ3n) is 8.55. The van der Waals surface area contributed by atoms with Crippen LogP contribution in [0.2, 0.25) is 0 Å². The van der Waals surface area contributed by atoms with Gasteiger partial charge in [-0.2, -0.15) is 13.2 Å². The Morgan fingerprint density at radius 1 is 1.18 bits per heavy atom. The van der Waals surface area contributed by atoms with Gasteiger partial charge in [0.1, 0.15) is 0 Å². The molecular formula is C26H37F3N2O3. The predicted octanol–water partition coefficient (Wildman–Crippen LogP) is 4.47. The van der Waals surface area contributed by atoms with Gasteiger partial charge in [-0.1, -0.05) is 32.0 Å². The van der Waals surface area contributed by atoms with Crippen molar-refractivity contribution in [3.63, 3.8) is 0 Å². The highest BCUT2D eigenvalue weighted by molar-refractivity contribution is 5.84. The summed E-state index contributed by atoms with van der Waals surface area (Å²) in [6, 6.07) is 5.26. The first kappa shape index (κ1) is 25.5. The van der Waals surface area contributed by atoms with E-state index < -0.39 is 17.7 Å². The van der Waals surface area contributed by atoms with Crippen molar-refractivity contribution in [2.24, 2.45) is 11.3 Å². The van der Waals surface area contributed by atoms with Gasteiger partial charge in [-0.15, -0.1) is 0 Å². The van der Waals surface area contributed by atoms with Crippen LogP contribution in [0, 0.1) is 11.3 Å². The average Bonchev–Trinajstić information content (AvgIpc) is 3.29. The van der Waals surface area contributed by atoms with Gasteiger partial charge in [0, 0.05) is 38.4 Å². The van der Waals surface area contributed by atoms with Crippen molar-refractivity contribution in [2.75, 3.05) is 26.8 Å². The quantitative estimate of drug-likeness (QED) is 0.673. The number of carbonyl (C=O) groups is 1. The van der Waals surface area contributed by atoms with Crippen molar-refractivity contribution < 1.29 is 27.8 Å². The molecule has 1 N–H and O–H groups in total. The molecule has 1 saturated carbocycles. The average molecular weight is 483 g/mol. The number of ether oxygens (including phenoxy) is 1. The number of hydrogen-bond acceptors (Lipinski definition) is 4. The Kier molecular flexibility index (Phi) is 7.32. The van der Waals surface area contributed by atoms with Gasteiger partial charge in [0.2, 0.25) is 5.91 Å². The van der Waals surface area contributed by atoms with Crippen molar-refractivity contribution in [3.8, 4) is 0 Å². The number of alkyl halides is 3. The number of hydrogen-bond donors (Lipinski definition) is 1. The minimum absolute atomic E-state index is 0.123. The summed E-state index contributed by atoms with van der Waals surface area (Å²) in [7, 11) is 2.17. The maximum Gasteiger partial charge on any atom is 0.418 e. The monoisotopic (exact) mass is 482 g/mol. The van der Waals surface area contributed by atoms with E-state index in [0.717, 1.165) is 50.9 Å². The molecule has 34 heavy (non-hydrogen) atoms. The van der Waals surface area contributed by atoms with Gasteiger partial charge < -0.3 is 19.6 Å². The van der Waals surface area contributed by atoms with Gasteiger partial charge >= 0.3 is 6.18 Å². The third kappa shape index (κ3) is 4.86. The van der Waals surface area contributed by atoms with Gasteiger partial charge in [0.05, 0.1) is 5.41 Å². The fourth-order valence-electron chi connectivity index (χ4n) is 6.18. The van der Waals surface area contributed by atoms with Crippen LogP contribution in [-0.2, 0) is 22.5 Å². The van der Waals surface area contributed by atoms with Gasteiger partial charge in [-0.05, 0) is 68.2 Å². The lowest BCUT2D eigenvalue weighted by Crippen LogP contribution is -2.49. The fraction of sp³-hybridized carbons (Fsp3) is 0.731. The minimum atomic E-state index is -4.71. The van der Waals surface area contributed by atoms with E-state index in [0.29, 0.717) is 37.2 Å². The molecule has 3 aliphatic rings. The Balaban J connectivity index is 1.50.